The van der Waals surface area contributed by atoms with Gasteiger partial charge < -0.3 is 10.1 Å². The van der Waals surface area contributed by atoms with Gasteiger partial charge in [-0.2, -0.15) is 0 Å². The molecule has 0 aliphatic carbocycles. The lowest BCUT2D eigenvalue weighted by Crippen LogP contribution is -2.27. The van der Waals surface area contributed by atoms with Crippen LogP contribution in [0.2, 0.25) is 0 Å². The normalized spacial score (nSPS) is 11.3. The summed E-state index contributed by atoms with van der Waals surface area (Å²) in [5.41, 5.74) is 2.27. The first-order chi connectivity index (χ1) is 14.8. The first-order valence-electron chi connectivity index (χ1n) is 10.5. The fourth-order valence-corrected chi connectivity index (χ4v) is 2.88. The lowest BCUT2D eigenvalue weighted by molar-refractivity contribution is 0.0949. The SMILES string of the molecule is CCc1ncnc(-c2cccnc2Oc2cc(C(=O)NCCC(C)(C)C)ccc2C)n1. The van der Waals surface area contributed by atoms with Gasteiger partial charge in [0.1, 0.15) is 17.9 Å². The van der Waals surface area contributed by atoms with Gasteiger partial charge in [0, 0.05) is 24.7 Å². The third-order valence-corrected chi connectivity index (χ3v) is 4.77. The van der Waals surface area contributed by atoms with Gasteiger partial charge in [-0.15, -0.1) is 0 Å². The monoisotopic (exact) mass is 419 g/mol. The first kappa shape index (κ1) is 22.3. The Bertz CT molecular complexity index is 1060. The van der Waals surface area contributed by atoms with Gasteiger partial charge in [-0.05, 0) is 48.6 Å². The predicted molar refractivity (Wildman–Crippen MR) is 120 cm³/mol. The molecule has 0 spiro atoms. The van der Waals surface area contributed by atoms with Crippen molar-refractivity contribution in [3.63, 3.8) is 0 Å². The van der Waals surface area contributed by atoms with E-state index < -0.39 is 0 Å². The highest BCUT2D eigenvalue weighted by molar-refractivity contribution is 5.94. The van der Waals surface area contributed by atoms with Crippen LogP contribution in [0.5, 0.6) is 11.6 Å². The lowest BCUT2D eigenvalue weighted by atomic mass is 9.92. The molecule has 3 aromatic rings. The van der Waals surface area contributed by atoms with Crippen LogP contribution >= 0.6 is 0 Å². The van der Waals surface area contributed by atoms with Crippen LogP contribution < -0.4 is 10.1 Å². The molecular weight excluding hydrogens is 390 g/mol. The summed E-state index contributed by atoms with van der Waals surface area (Å²) in [7, 11) is 0. The zero-order chi connectivity index (χ0) is 22.4. The third kappa shape index (κ3) is 6.07. The number of ether oxygens (including phenoxy) is 1. The summed E-state index contributed by atoms with van der Waals surface area (Å²) in [5, 5.41) is 2.98. The van der Waals surface area contributed by atoms with E-state index in [1.165, 1.54) is 6.33 Å². The number of rotatable bonds is 7. The second kappa shape index (κ2) is 9.64. The zero-order valence-electron chi connectivity index (χ0n) is 18.8. The van der Waals surface area contributed by atoms with E-state index in [9.17, 15) is 4.79 Å². The lowest BCUT2D eigenvalue weighted by Gasteiger charge is -2.18. The van der Waals surface area contributed by atoms with E-state index in [0.717, 1.165) is 12.0 Å². The molecule has 2 heterocycles. The third-order valence-electron chi connectivity index (χ3n) is 4.77. The maximum absolute atomic E-state index is 12.6. The summed E-state index contributed by atoms with van der Waals surface area (Å²) in [6.07, 6.45) is 4.75. The molecule has 0 saturated carbocycles. The molecule has 2 aromatic heterocycles. The Morgan fingerprint density at radius 1 is 1.13 bits per heavy atom. The quantitative estimate of drug-likeness (QED) is 0.594. The molecule has 31 heavy (non-hydrogen) atoms. The molecule has 0 saturated heterocycles. The number of nitrogens with one attached hydrogen (secondary N) is 1. The Morgan fingerprint density at radius 2 is 1.94 bits per heavy atom. The Labute approximate surface area is 183 Å². The fraction of sp³-hybridized carbons (Fsp3) is 0.375. The molecule has 0 atom stereocenters. The maximum atomic E-state index is 12.6. The van der Waals surface area contributed by atoms with E-state index in [-0.39, 0.29) is 11.3 Å². The molecule has 0 fully saturated rings. The van der Waals surface area contributed by atoms with Crippen LogP contribution in [0.4, 0.5) is 0 Å². The number of benzene rings is 1. The van der Waals surface area contributed by atoms with E-state index in [2.05, 4.69) is 46.0 Å². The standard InChI is InChI=1S/C24H29N5O2/c1-6-20-27-15-28-21(29-20)18-8-7-12-26-23(18)31-19-14-17(10-9-16(19)2)22(30)25-13-11-24(3,4)5/h7-10,12,14-15H,6,11,13H2,1-5H3,(H,25,30). The van der Waals surface area contributed by atoms with Crippen molar-refractivity contribution < 1.29 is 9.53 Å². The summed E-state index contributed by atoms with van der Waals surface area (Å²) < 4.78 is 6.13. The highest BCUT2D eigenvalue weighted by atomic mass is 16.5. The highest BCUT2D eigenvalue weighted by Gasteiger charge is 2.16. The highest BCUT2D eigenvalue weighted by Crippen LogP contribution is 2.31. The summed E-state index contributed by atoms with van der Waals surface area (Å²) in [6, 6.07) is 9.08. The van der Waals surface area contributed by atoms with Crippen molar-refractivity contribution in [3.8, 4) is 23.0 Å². The van der Waals surface area contributed by atoms with Crippen LogP contribution in [0, 0.1) is 12.3 Å². The molecule has 0 bridgehead atoms. The van der Waals surface area contributed by atoms with Crippen molar-refractivity contribution >= 4 is 5.91 Å². The molecule has 3 rings (SSSR count). The first-order valence-corrected chi connectivity index (χ1v) is 10.5. The fourth-order valence-electron chi connectivity index (χ4n) is 2.88. The smallest absolute Gasteiger partial charge is 0.251 e. The van der Waals surface area contributed by atoms with Gasteiger partial charge >= 0.3 is 0 Å². The van der Waals surface area contributed by atoms with Crippen molar-refractivity contribution in [1.82, 2.24) is 25.3 Å². The molecule has 0 radical (unpaired) electrons. The molecule has 1 amide bonds. The van der Waals surface area contributed by atoms with Crippen LogP contribution in [-0.4, -0.2) is 32.4 Å². The Balaban J connectivity index is 1.83. The number of amides is 1. The van der Waals surface area contributed by atoms with E-state index in [1.54, 1.807) is 18.3 Å². The maximum Gasteiger partial charge on any atom is 0.251 e. The Morgan fingerprint density at radius 3 is 2.68 bits per heavy atom. The number of pyridine rings is 1. The van der Waals surface area contributed by atoms with Gasteiger partial charge in [-0.25, -0.2) is 19.9 Å². The van der Waals surface area contributed by atoms with Gasteiger partial charge in [-0.3, -0.25) is 4.79 Å². The van der Waals surface area contributed by atoms with Crippen molar-refractivity contribution in [3.05, 3.63) is 59.8 Å². The van der Waals surface area contributed by atoms with E-state index >= 15 is 0 Å². The molecule has 0 aliphatic heterocycles. The van der Waals surface area contributed by atoms with Crippen molar-refractivity contribution in [2.24, 2.45) is 5.41 Å². The van der Waals surface area contributed by atoms with E-state index in [4.69, 9.17) is 4.74 Å². The molecule has 1 N–H and O–H groups in total. The molecule has 7 heteroatoms. The average Bonchev–Trinajstić information content (AvgIpc) is 2.74. The van der Waals surface area contributed by atoms with Crippen molar-refractivity contribution in [2.45, 2.75) is 47.5 Å². The molecule has 0 aliphatic rings. The summed E-state index contributed by atoms with van der Waals surface area (Å²) >= 11 is 0. The van der Waals surface area contributed by atoms with Crippen molar-refractivity contribution in [1.29, 1.82) is 0 Å². The number of aromatic nitrogens is 4. The molecule has 0 unspecified atom stereocenters. The Hall–Kier alpha value is -3.35. The number of hydrogen-bond donors (Lipinski definition) is 1. The van der Waals surface area contributed by atoms with Gasteiger partial charge in [-0.1, -0.05) is 33.8 Å². The number of hydrogen-bond acceptors (Lipinski definition) is 6. The van der Waals surface area contributed by atoms with E-state index in [0.29, 0.717) is 47.4 Å². The van der Waals surface area contributed by atoms with Gasteiger partial charge in [0.15, 0.2) is 5.82 Å². The average molecular weight is 420 g/mol. The predicted octanol–water partition coefficient (Wildman–Crippen LogP) is 4.76. The van der Waals surface area contributed by atoms with Gasteiger partial charge in [0.05, 0.1) is 5.56 Å². The molecule has 7 nitrogen and oxygen atoms in total. The summed E-state index contributed by atoms with van der Waals surface area (Å²) in [6.45, 7) is 11.0. The van der Waals surface area contributed by atoms with Crippen LogP contribution in [0.25, 0.3) is 11.4 Å². The zero-order valence-corrected chi connectivity index (χ0v) is 18.8. The van der Waals surface area contributed by atoms with Crippen LogP contribution in [0.15, 0.2) is 42.9 Å². The molecular formula is C24H29N5O2. The van der Waals surface area contributed by atoms with Gasteiger partial charge in [0.2, 0.25) is 5.88 Å². The Kier molecular flexibility index (Phi) is 6.95. The topological polar surface area (TPSA) is 89.9 Å². The molecule has 162 valence electrons. The minimum Gasteiger partial charge on any atom is -0.438 e. The van der Waals surface area contributed by atoms with Crippen LogP contribution in [0.1, 0.15) is 55.9 Å². The number of carbonyl (C=O) groups excluding carboxylic acids is 1. The number of aryl methyl sites for hydroxylation is 2. The summed E-state index contributed by atoms with van der Waals surface area (Å²) in [5.74, 6) is 2.02. The second-order valence-corrected chi connectivity index (χ2v) is 8.58. The largest absolute Gasteiger partial charge is 0.438 e. The second-order valence-electron chi connectivity index (χ2n) is 8.58. The van der Waals surface area contributed by atoms with Crippen molar-refractivity contribution in [2.75, 3.05) is 6.54 Å². The minimum atomic E-state index is -0.125. The van der Waals surface area contributed by atoms with Crippen LogP contribution in [-0.2, 0) is 6.42 Å². The minimum absolute atomic E-state index is 0.125. The number of nitrogens with zero attached hydrogens (tertiary/aromatic N) is 4. The van der Waals surface area contributed by atoms with Crippen LogP contribution in [0.3, 0.4) is 0 Å². The van der Waals surface area contributed by atoms with E-state index in [1.807, 2.05) is 32.0 Å². The molecule has 1 aromatic carbocycles. The number of carbonyl (C=O) groups is 1. The van der Waals surface area contributed by atoms with Gasteiger partial charge in [0.25, 0.3) is 5.91 Å². The summed E-state index contributed by atoms with van der Waals surface area (Å²) in [4.78, 5) is 29.9.